The standard InChI is InChI=1S/C26H27N5O5S2/c1-2-15-27-25(33)26(34)30-29-20-11-13-21(14-12-20)31-38(35,36)23-10-6-9-22(16-23)28-24(32)18-37-17-19-7-4-3-5-8-19/h2-14,16,29,31H,1,15,17-18H2,(H,27,33)(H,28,32)(H,30,34). The number of carbonyl (C=O) groups is 3. The second kappa shape index (κ2) is 13.9. The van der Waals surface area contributed by atoms with E-state index in [1.54, 1.807) is 12.1 Å². The molecule has 3 aromatic rings. The number of carbonyl (C=O) groups excluding carboxylic acids is 3. The van der Waals surface area contributed by atoms with Crippen LogP contribution in [-0.4, -0.2) is 38.4 Å². The summed E-state index contributed by atoms with van der Waals surface area (Å²) < 4.78 is 28.2. The molecule has 38 heavy (non-hydrogen) atoms. The van der Waals surface area contributed by atoms with Crippen LogP contribution in [0, 0.1) is 0 Å². The van der Waals surface area contributed by atoms with Crippen molar-refractivity contribution in [3.05, 3.63) is 97.1 Å². The number of amides is 3. The molecule has 10 nitrogen and oxygen atoms in total. The number of rotatable bonds is 12. The molecule has 0 aliphatic carbocycles. The van der Waals surface area contributed by atoms with Crippen LogP contribution in [0.15, 0.2) is 96.4 Å². The predicted octanol–water partition coefficient (Wildman–Crippen LogP) is 3.10. The van der Waals surface area contributed by atoms with E-state index in [4.69, 9.17) is 0 Å². The van der Waals surface area contributed by atoms with E-state index in [1.165, 1.54) is 54.2 Å². The smallest absolute Gasteiger partial charge is 0.327 e. The van der Waals surface area contributed by atoms with Crippen molar-refractivity contribution in [1.29, 1.82) is 0 Å². The van der Waals surface area contributed by atoms with Crippen molar-refractivity contribution >= 4 is 56.6 Å². The van der Waals surface area contributed by atoms with Crippen LogP contribution in [-0.2, 0) is 30.2 Å². The number of hydrogen-bond donors (Lipinski definition) is 5. The second-order valence-corrected chi connectivity index (χ2v) is 10.5. The Morgan fingerprint density at radius 3 is 2.26 bits per heavy atom. The van der Waals surface area contributed by atoms with Gasteiger partial charge in [-0.2, -0.15) is 0 Å². The van der Waals surface area contributed by atoms with Crippen molar-refractivity contribution in [2.75, 3.05) is 27.8 Å². The molecular formula is C26H27N5O5S2. The van der Waals surface area contributed by atoms with Crippen LogP contribution >= 0.6 is 11.8 Å². The third-order valence-electron chi connectivity index (χ3n) is 4.84. The van der Waals surface area contributed by atoms with Gasteiger partial charge in [-0.1, -0.05) is 42.5 Å². The predicted molar refractivity (Wildman–Crippen MR) is 150 cm³/mol. The summed E-state index contributed by atoms with van der Waals surface area (Å²) in [6.07, 6.45) is 1.44. The second-order valence-electron chi connectivity index (χ2n) is 7.82. The first-order valence-electron chi connectivity index (χ1n) is 11.4. The lowest BCUT2D eigenvalue weighted by molar-refractivity contribution is -0.138. The molecule has 0 heterocycles. The summed E-state index contributed by atoms with van der Waals surface area (Å²) in [6, 6.07) is 21.8. The van der Waals surface area contributed by atoms with Crippen LogP contribution in [0.4, 0.5) is 17.1 Å². The molecule has 0 radical (unpaired) electrons. The van der Waals surface area contributed by atoms with Crippen molar-refractivity contribution in [3.8, 4) is 0 Å². The highest BCUT2D eigenvalue weighted by Gasteiger charge is 2.16. The summed E-state index contributed by atoms with van der Waals surface area (Å²) in [5, 5.41) is 5.06. The Labute approximate surface area is 225 Å². The fraction of sp³-hybridized carbons (Fsp3) is 0.115. The van der Waals surface area contributed by atoms with Gasteiger partial charge in [-0.3, -0.25) is 30.0 Å². The van der Waals surface area contributed by atoms with E-state index < -0.39 is 21.8 Å². The zero-order valence-corrected chi connectivity index (χ0v) is 21.9. The molecule has 0 atom stereocenters. The van der Waals surface area contributed by atoms with Gasteiger partial charge in [0.2, 0.25) is 5.91 Å². The molecule has 0 fully saturated rings. The highest BCUT2D eigenvalue weighted by molar-refractivity contribution is 7.99. The topological polar surface area (TPSA) is 146 Å². The number of hydrogen-bond acceptors (Lipinski definition) is 7. The molecule has 0 spiro atoms. The Morgan fingerprint density at radius 2 is 1.55 bits per heavy atom. The maximum absolute atomic E-state index is 12.9. The number of sulfonamides is 1. The average Bonchev–Trinajstić information content (AvgIpc) is 2.91. The SMILES string of the molecule is C=CCNC(=O)C(=O)NNc1ccc(NS(=O)(=O)c2cccc(NC(=O)CSCc3ccccc3)c2)cc1. The van der Waals surface area contributed by atoms with E-state index in [-0.39, 0.29) is 28.8 Å². The van der Waals surface area contributed by atoms with Gasteiger partial charge < -0.3 is 10.6 Å². The minimum absolute atomic E-state index is 0.0211. The lowest BCUT2D eigenvalue weighted by Gasteiger charge is -2.12. The van der Waals surface area contributed by atoms with Gasteiger partial charge in [0.05, 0.1) is 16.3 Å². The third kappa shape index (κ3) is 8.98. The molecule has 0 aliphatic heterocycles. The molecule has 0 aliphatic rings. The summed E-state index contributed by atoms with van der Waals surface area (Å²) in [5.74, 6) is -1.03. The minimum atomic E-state index is -3.94. The number of benzene rings is 3. The summed E-state index contributed by atoms with van der Waals surface area (Å²) >= 11 is 1.46. The maximum Gasteiger partial charge on any atom is 0.327 e. The summed E-state index contributed by atoms with van der Waals surface area (Å²) in [5.41, 5.74) is 6.98. The molecule has 3 amide bonds. The molecular weight excluding hydrogens is 526 g/mol. The van der Waals surface area contributed by atoms with E-state index >= 15 is 0 Å². The first-order valence-corrected chi connectivity index (χ1v) is 14.0. The molecule has 0 saturated heterocycles. The quantitative estimate of drug-likeness (QED) is 0.132. The summed E-state index contributed by atoms with van der Waals surface area (Å²) in [4.78, 5) is 35.5. The van der Waals surface area contributed by atoms with Crippen molar-refractivity contribution in [1.82, 2.24) is 10.7 Å². The van der Waals surface area contributed by atoms with Crippen LogP contribution in [0.25, 0.3) is 0 Å². The molecule has 0 saturated carbocycles. The van der Waals surface area contributed by atoms with Gasteiger partial charge in [-0.25, -0.2) is 8.42 Å². The highest BCUT2D eigenvalue weighted by atomic mass is 32.2. The van der Waals surface area contributed by atoms with Gasteiger partial charge in [0.1, 0.15) is 0 Å². The molecule has 3 rings (SSSR count). The van der Waals surface area contributed by atoms with E-state index in [9.17, 15) is 22.8 Å². The van der Waals surface area contributed by atoms with Crippen molar-refractivity contribution in [2.24, 2.45) is 0 Å². The first-order chi connectivity index (χ1) is 18.3. The Hall–Kier alpha value is -4.29. The monoisotopic (exact) mass is 553 g/mol. The van der Waals surface area contributed by atoms with Crippen LogP contribution in [0.3, 0.4) is 0 Å². The van der Waals surface area contributed by atoms with E-state index in [0.29, 0.717) is 17.1 Å². The molecule has 5 N–H and O–H groups in total. The van der Waals surface area contributed by atoms with Gasteiger partial charge in [0, 0.05) is 23.7 Å². The molecule has 0 bridgehead atoms. The Bertz CT molecular complexity index is 1380. The molecule has 198 valence electrons. The molecule has 3 aromatic carbocycles. The van der Waals surface area contributed by atoms with Crippen molar-refractivity contribution < 1.29 is 22.8 Å². The molecule has 0 aromatic heterocycles. The minimum Gasteiger partial charge on any atom is -0.344 e. The van der Waals surface area contributed by atoms with Crippen LogP contribution in [0.5, 0.6) is 0 Å². The van der Waals surface area contributed by atoms with Gasteiger partial charge >= 0.3 is 11.8 Å². The van der Waals surface area contributed by atoms with E-state index in [1.807, 2.05) is 30.3 Å². The number of anilines is 3. The lowest BCUT2D eigenvalue weighted by Crippen LogP contribution is -2.42. The lowest BCUT2D eigenvalue weighted by atomic mass is 10.2. The third-order valence-corrected chi connectivity index (χ3v) is 7.23. The molecule has 12 heteroatoms. The van der Waals surface area contributed by atoms with Crippen molar-refractivity contribution in [3.63, 3.8) is 0 Å². The fourth-order valence-electron chi connectivity index (χ4n) is 3.04. The van der Waals surface area contributed by atoms with Gasteiger partial charge in [0.15, 0.2) is 0 Å². The zero-order valence-electron chi connectivity index (χ0n) is 20.3. The average molecular weight is 554 g/mol. The van der Waals surface area contributed by atoms with Gasteiger partial charge in [-0.15, -0.1) is 18.3 Å². The van der Waals surface area contributed by atoms with Crippen LogP contribution < -0.4 is 26.2 Å². The Balaban J connectivity index is 1.52. The van der Waals surface area contributed by atoms with Crippen LogP contribution in [0.2, 0.25) is 0 Å². The van der Waals surface area contributed by atoms with E-state index in [2.05, 4.69) is 32.8 Å². The summed E-state index contributed by atoms with van der Waals surface area (Å²) in [6.45, 7) is 3.60. The first kappa shape index (κ1) is 28.3. The Kier molecular flexibility index (Phi) is 10.3. The molecule has 0 unspecified atom stereocenters. The zero-order chi connectivity index (χ0) is 27.4. The van der Waals surface area contributed by atoms with Gasteiger partial charge in [-0.05, 0) is 48.0 Å². The highest BCUT2D eigenvalue weighted by Crippen LogP contribution is 2.21. The number of thioether (sulfide) groups is 1. The van der Waals surface area contributed by atoms with Crippen molar-refractivity contribution in [2.45, 2.75) is 10.6 Å². The largest absolute Gasteiger partial charge is 0.344 e. The number of nitrogens with one attached hydrogen (secondary N) is 5. The van der Waals surface area contributed by atoms with Gasteiger partial charge in [0.25, 0.3) is 10.0 Å². The normalized spacial score (nSPS) is 10.6. The fourth-order valence-corrected chi connectivity index (χ4v) is 4.93. The summed E-state index contributed by atoms with van der Waals surface area (Å²) in [7, 11) is -3.94. The van der Waals surface area contributed by atoms with Crippen LogP contribution in [0.1, 0.15) is 5.56 Å². The maximum atomic E-state index is 12.9. The number of hydrazine groups is 1. The van der Waals surface area contributed by atoms with E-state index in [0.717, 1.165) is 5.56 Å². The Morgan fingerprint density at radius 1 is 0.842 bits per heavy atom.